The van der Waals surface area contributed by atoms with Gasteiger partial charge in [-0.2, -0.15) is 0 Å². The molecule has 1 aromatic carbocycles. The van der Waals surface area contributed by atoms with Crippen molar-refractivity contribution in [2.75, 3.05) is 26.2 Å². The quantitative estimate of drug-likeness (QED) is 0.795. The molecule has 2 unspecified atom stereocenters. The molecule has 2 fully saturated rings. The summed E-state index contributed by atoms with van der Waals surface area (Å²) in [6.07, 6.45) is 2.42. The van der Waals surface area contributed by atoms with E-state index in [1.54, 1.807) is 6.20 Å². The Morgan fingerprint density at radius 2 is 1.61 bits per heavy atom. The van der Waals surface area contributed by atoms with Gasteiger partial charge in [-0.3, -0.25) is 14.6 Å². The first-order valence-corrected chi connectivity index (χ1v) is 10.9. The Morgan fingerprint density at radius 1 is 0.935 bits per heavy atom. The Labute approximate surface area is 183 Å². The summed E-state index contributed by atoms with van der Waals surface area (Å²) in [7, 11) is 0. The molecule has 0 saturated carbocycles. The van der Waals surface area contributed by atoms with E-state index >= 15 is 0 Å². The molecule has 164 valence electrons. The third kappa shape index (κ3) is 4.78. The maximum absolute atomic E-state index is 13.0. The fourth-order valence-corrected chi connectivity index (χ4v) is 4.14. The first kappa shape index (κ1) is 21.5. The van der Waals surface area contributed by atoms with Gasteiger partial charge in [0.1, 0.15) is 6.04 Å². The first-order valence-electron chi connectivity index (χ1n) is 10.9. The van der Waals surface area contributed by atoms with Crippen LogP contribution in [0, 0.1) is 0 Å². The van der Waals surface area contributed by atoms with Gasteiger partial charge in [-0.15, -0.1) is 0 Å². The van der Waals surface area contributed by atoms with Crippen LogP contribution in [0.3, 0.4) is 0 Å². The van der Waals surface area contributed by atoms with Crippen LogP contribution < -0.4 is 10.9 Å². The Hall–Kier alpha value is -2.77. The summed E-state index contributed by atoms with van der Waals surface area (Å²) in [6, 6.07) is 13.4. The Balaban J connectivity index is 1.30. The van der Waals surface area contributed by atoms with Gasteiger partial charge < -0.3 is 9.80 Å². The summed E-state index contributed by atoms with van der Waals surface area (Å²) in [4.78, 5) is 33.9. The van der Waals surface area contributed by atoms with Crippen molar-refractivity contribution in [1.82, 2.24) is 25.6 Å². The van der Waals surface area contributed by atoms with Crippen LogP contribution in [-0.2, 0) is 10.2 Å². The highest BCUT2D eigenvalue weighted by molar-refractivity contribution is 5.94. The highest BCUT2D eigenvalue weighted by Crippen LogP contribution is 2.24. The predicted molar refractivity (Wildman–Crippen MR) is 119 cm³/mol. The van der Waals surface area contributed by atoms with E-state index < -0.39 is 0 Å². The predicted octanol–water partition coefficient (Wildman–Crippen LogP) is 2.27. The van der Waals surface area contributed by atoms with Crippen LogP contribution in [0.1, 0.15) is 54.8 Å². The molecule has 2 aliphatic rings. The van der Waals surface area contributed by atoms with E-state index in [-0.39, 0.29) is 29.3 Å². The molecule has 31 heavy (non-hydrogen) atoms. The van der Waals surface area contributed by atoms with Gasteiger partial charge in [0.25, 0.3) is 5.91 Å². The van der Waals surface area contributed by atoms with E-state index in [0.29, 0.717) is 38.2 Å². The number of hydrazine groups is 1. The van der Waals surface area contributed by atoms with Gasteiger partial charge in [0.05, 0.1) is 11.7 Å². The van der Waals surface area contributed by atoms with Crippen molar-refractivity contribution in [3.8, 4) is 0 Å². The maximum Gasteiger partial charge on any atom is 0.253 e. The van der Waals surface area contributed by atoms with Crippen molar-refractivity contribution >= 4 is 11.8 Å². The van der Waals surface area contributed by atoms with Gasteiger partial charge in [0.15, 0.2) is 0 Å². The number of aromatic nitrogens is 1. The van der Waals surface area contributed by atoms with Gasteiger partial charge >= 0.3 is 0 Å². The third-order valence-corrected chi connectivity index (χ3v) is 6.12. The van der Waals surface area contributed by atoms with Crippen molar-refractivity contribution < 1.29 is 9.59 Å². The molecule has 2 amide bonds. The molecule has 0 aliphatic carbocycles. The molecule has 0 spiro atoms. The molecule has 0 radical (unpaired) electrons. The Bertz CT molecular complexity index is 915. The topological polar surface area (TPSA) is 77.6 Å². The molecule has 2 aliphatic heterocycles. The molecule has 3 heterocycles. The number of nitrogens with zero attached hydrogens (tertiary/aromatic N) is 3. The number of piperazine rings is 1. The average molecular weight is 422 g/mol. The number of rotatable bonds is 3. The van der Waals surface area contributed by atoms with Crippen LogP contribution in [0.5, 0.6) is 0 Å². The summed E-state index contributed by atoms with van der Waals surface area (Å²) in [5.74, 6) is 0.107. The lowest BCUT2D eigenvalue weighted by molar-refractivity contribution is -0.134. The largest absolute Gasteiger partial charge is 0.338 e. The van der Waals surface area contributed by atoms with E-state index in [2.05, 4.69) is 36.6 Å². The van der Waals surface area contributed by atoms with Gasteiger partial charge in [-0.1, -0.05) is 39.0 Å². The molecule has 2 saturated heterocycles. The number of nitrogens with one attached hydrogen (secondary N) is 2. The highest BCUT2D eigenvalue weighted by atomic mass is 16.2. The molecular formula is C24H31N5O2. The zero-order valence-electron chi connectivity index (χ0n) is 18.5. The van der Waals surface area contributed by atoms with E-state index in [1.165, 1.54) is 5.56 Å². The van der Waals surface area contributed by atoms with Crippen molar-refractivity contribution in [1.29, 1.82) is 0 Å². The Kier molecular flexibility index (Phi) is 6.07. The zero-order valence-corrected chi connectivity index (χ0v) is 18.5. The van der Waals surface area contributed by atoms with E-state index in [9.17, 15) is 9.59 Å². The van der Waals surface area contributed by atoms with Gasteiger partial charge in [-0.05, 0) is 41.7 Å². The van der Waals surface area contributed by atoms with Gasteiger partial charge in [0, 0.05) is 37.9 Å². The highest BCUT2D eigenvalue weighted by Gasteiger charge is 2.35. The molecule has 7 heteroatoms. The van der Waals surface area contributed by atoms with Crippen molar-refractivity contribution in [2.24, 2.45) is 0 Å². The van der Waals surface area contributed by atoms with Crippen LogP contribution in [0.15, 0.2) is 48.7 Å². The molecule has 4 rings (SSSR count). The SMILES string of the molecule is CC(C)(C)c1ccc(C(=O)N2CCN(C(=O)C3CC(c4ccccn4)NN3)CC2)cc1. The monoisotopic (exact) mass is 421 g/mol. The zero-order chi connectivity index (χ0) is 22.0. The molecular weight excluding hydrogens is 390 g/mol. The minimum absolute atomic E-state index is 0.0223. The fraction of sp³-hybridized carbons (Fsp3) is 0.458. The number of carbonyl (C=O) groups is 2. The number of pyridine rings is 1. The number of benzene rings is 1. The third-order valence-electron chi connectivity index (χ3n) is 6.12. The summed E-state index contributed by atoms with van der Waals surface area (Å²) in [6.45, 7) is 8.69. The van der Waals surface area contributed by atoms with Crippen LogP contribution in [-0.4, -0.2) is 58.8 Å². The normalized spacial score (nSPS) is 21.9. The number of hydrogen-bond acceptors (Lipinski definition) is 5. The summed E-state index contributed by atoms with van der Waals surface area (Å²) in [5, 5.41) is 0. The second-order valence-electron chi connectivity index (χ2n) is 9.33. The lowest BCUT2D eigenvalue weighted by Crippen LogP contribution is -2.54. The number of hydrogen-bond donors (Lipinski definition) is 2. The van der Waals surface area contributed by atoms with E-state index in [0.717, 1.165) is 5.69 Å². The fourth-order valence-electron chi connectivity index (χ4n) is 4.14. The second-order valence-corrected chi connectivity index (χ2v) is 9.33. The minimum atomic E-state index is -0.279. The summed E-state index contributed by atoms with van der Waals surface area (Å²) in [5.41, 5.74) is 9.20. The second kappa shape index (κ2) is 8.77. The van der Waals surface area contributed by atoms with E-state index in [4.69, 9.17) is 0 Å². The molecule has 2 atom stereocenters. The van der Waals surface area contributed by atoms with Gasteiger partial charge in [0.2, 0.25) is 5.91 Å². The Morgan fingerprint density at radius 3 is 2.23 bits per heavy atom. The summed E-state index contributed by atoms with van der Waals surface area (Å²) >= 11 is 0. The molecule has 1 aromatic heterocycles. The number of carbonyl (C=O) groups excluding carboxylic acids is 2. The van der Waals surface area contributed by atoms with Crippen molar-refractivity contribution in [3.63, 3.8) is 0 Å². The molecule has 0 bridgehead atoms. The number of amides is 2. The van der Waals surface area contributed by atoms with Crippen molar-refractivity contribution in [3.05, 3.63) is 65.5 Å². The standard InChI is InChI=1S/C24H31N5O2/c1-24(2,3)18-9-7-17(8-10-18)22(30)28-12-14-29(15-13-28)23(31)21-16-20(26-27-21)19-6-4-5-11-25-19/h4-11,20-21,26-27H,12-16H2,1-3H3. The van der Waals surface area contributed by atoms with Crippen molar-refractivity contribution in [2.45, 2.75) is 44.7 Å². The molecule has 2 aromatic rings. The van der Waals surface area contributed by atoms with Crippen LogP contribution in [0.2, 0.25) is 0 Å². The average Bonchev–Trinajstić information content (AvgIpc) is 3.29. The van der Waals surface area contributed by atoms with Crippen LogP contribution in [0.4, 0.5) is 0 Å². The van der Waals surface area contributed by atoms with Crippen LogP contribution in [0.25, 0.3) is 0 Å². The lowest BCUT2D eigenvalue weighted by atomic mass is 9.86. The lowest BCUT2D eigenvalue weighted by Gasteiger charge is -2.36. The summed E-state index contributed by atoms with van der Waals surface area (Å²) < 4.78 is 0. The van der Waals surface area contributed by atoms with Crippen LogP contribution >= 0.6 is 0 Å². The van der Waals surface area contributed by atoms with E-state index in [1.807, 2.05) is 52.3 Å². The molecule has 7 nitrogen and oxygen atoms in total. The maximum atomic E-state index is 13.0. The van der Waals surface area contributed by atoms with Gasteiger partial charge in [-0.25, -0.2) is 10.9 Å². The smallest absolute Gasteiger partial charge is 0.253 e. The first-order chi connectivity index (χ1) is 14.8. The molecule has 2 N–H and O–H groups in total. The minimum Gasteiger partial charge on any atom is -0.338 e.